The van der Waals surface area contributed by atoms with E-state index in [0.717, 1.165) is 29.2 Å². The molecular formula is C40H43N3O7. The number of ether oxygens (including phenoxy) is 2. The van der Waals surface area contributed by atoms with Crippen molar-refractivity contribution in [3.63, 3.8) is 0 Å². The van der Waals surface area contributed by atoms with Crippen LogP contribution < -0.4 is 10.2 Å². The maximum Gasteiger partial charge on any atom is 0.306 e. The SMILES string of the molecule is O=C1CC/C=C\[C@@H]2O[C@@]34C=CCN(c5ccc6ccccc6c5)C(=O)[C@@H]3N(CCCCCCO)C(=O)[C@H]4[C@@H]2C(=O)N[C@@H](c2ccccc2)CO1. The normalized spacial score (nSPS) is 28.9. The molecule has 2 saturated heterocycles. The van der Waals surface area contributed by atoms with E-state index < -0.39 is 41.5 Å². The first-order valence-corrected chi connectivity index (χ1v) is 17.7. The smallest absolute Gasteiger partial charge is 0.306 e. The molecule has 3 amide bonds. The first-order valence-electron chi connectivity index (χ1n) is 17.7. The molecule has 0 saturated carbocycles. The number of aliphatic hydroxyl groups is 1. The molecule has 3 aromatic carbocycles. The number of aliphatic hydroxyl groups excluding tert-OH is 1. The molecule has 4 aliphatic heterocycles. The average Bonchev–Trinajstić information content (AvgIpc) is 3.51. The lowest BCUT2D eigenvalue weighted by molar-refractivity contribution is -0.146. The number of likely N-dealkylation sites (tertiary alicyclic amines) is 1. The average molecular weight is 678 g/mol. The highest BCUT2D eigenvalue weighted by atomic mass is 16.5. The molecule has 0 unspecified atom stereocenters. The Morgan fingerprint density at radius 1 is 0.860 bits per heavy atom. The van der Waals surface area contributed by atoms with Crippen molar-refractivity contribution in [3.05, 3.63) is 103 Å². The third-order valence-electron chi connectivity index (χ3n) is 10.4. The number of carbonyl (C=O) groups excluding carboxylic acids is 4. The number of esters is 1. The van der Waals surface area contributed by atoms with Crippen molar-refractivity contribution in [2.75, 3.05) is 31.2 Å². The number of nitrogens with zero attached hydrogens (tertiary/aromatic N) is 2. The van der Waals surface area contributed by atoms with Gasteiger partial charge in [-0.3, -0.25) is 19.2 Å². The van der Waals surface area contributed by atoms with E-state index in [4.69, 9.17) is 9.47 Å². The second kappa shape index (κ2) is 14.6. The molecule has 2 fully saturated rings. The fraction of sp³-hybridized carbons (Fsp3) is 0.400. The lowest BCUT2D eigenvalue weighted by atomic mass is 9.77. The van der Waals surface area contributed by atoms with Gasteiger partial charge in [-0.15, -0.1) is 0 Å². The summed E-state index contributed by atoms with van der Waals surface area (Å²) in [7, 11) is 0. The molecule has 0 aliphatic carbocycles. The Balaban J connectivity index is 1.27. The van der Waals surface area contributed by atoms with Crippen LogP contribution in [0.1, 0.15) is 50.1 Å². The van der Waals surface area contributed by atoms with Crippen LogP contribution in [0.4, 0.5) is 5.69 Å². The van der Waals surface area contributed by atoms with Gasteiger partial charge in [0.15, 0.2) is 0 Å². The Kier molecular flexibility index (Phi) is 9.83. The molecule has 260 valence electrons. The molecule has 6 atom stereocenters. The number of amides is 3. The number of carbonyl (C=O) groups is 4. The van der Waals surface area contributed by atoms with Crippen LogP contribution in [0.2, 0.25) is 0 Å². The van der Waals surface area contributed by atoms with Crippen LogP contribution in [0, 0.1) is 11.8 Å². The van der Waals surface area contributed by atoms with Gasteiger partial charge in [-0.2, -0.15) is 0 Å². The monoisotopic (exact) mass is 677 g/mol. The number of allylic oxidation sites excluding steroid dienone is 1. The maximum absolute atomic E-state index is 14.9. The molecule has 4 aliphatic rings. The zero-order valence-electron chi connectivity index (χ0n) is 28.0. The van der Waals surface area contributed by atoms with Gasteiger partial charge in [0.1, 0.15) is 18.2 Å². The van der Waals surface area contributed by atoms with E-state index in [2.05, 4.69) is 5.32 Å². The summed E-state index contributed by atoms with van der Waals surface area (Å²) < 4.78 is 12.4. The van der Waals surface area contributed by atoms with Gasteiger partial charge in [-0.1, -0.05) is 97.8 Å². The predicted molar refractivity (Wildman–Crippen MR) is 188 cm³/mol. The van der Waals surface area contributed by atoms with Gasteiger partial charge in [-0.25, -0.2) is 0 Å². The molecule has 1 spiro atoms. The summed E-state index contributed by atoms with van der Waals surface area (Å²) in [6.07, 6.45) is 9.89. The standard InChI is InChI=1S/C40H43N3O7/c44-24-11-2-1-10-22-43-36-39(48)42(30-20-19-27-13-6-7-16-29(27)25-30)23-12-21-40(36)35(38(43)47)34-32(50-40)17-8-9-18-33(45)49-26-31(41-37(34)46)28-14-4-3-5-15-28/h3-8,12-17,19-21,25,31-32,34-36,44H,1-2,9-11,18,22-24,26H2,(H,41,46)/b17-8-/t31-,32+,34-,35-,36+,40-/m1/s1. The Morgan fingerprint density at radius 3 is 2.46 bits per heavy atom. The number of unbranched alkanes of at least 4 members (excludes halogenated alkanes) is 3. The second-order valence-corrected chi connectivity index (χ2v) is 13.5. The van der Waals surface area contributed by atoms with Crippen molar-refractivity contribution < 1.29 is 33.8 Å². The predicted octanol–water partition coefficient (Wildman–Crippen LogP) is 4.63. The van der Waals surface area contributed by atoms with Crippen molar-refractivity contribution >= 4 is 40.2 Å². The molecule has 7 rings (SSSR count). The van der Waals surface area contributed by atoms with Crippen molar-refractivity contribution in [1.29, 1.82) is 0 Å². The van der Waals surface area contributed by atoms with Crippen molar-refractivity contribution in [2.45, 2.75) is 62.3 Å². The van der Waals surface area contributed by atoms with Gasteiger partial charge in [0, 0.05) is 31.8 Å². The second-order valence-electron chi connectivity index (χ2n) is 13.5. The van der Waals surface area contributed by atoms with Crippen molar-refractivity contribution in [2.24, 2.45) is 11.8 Å². The van der Waals surface area contributed by atoms with E-state index in [1.54, 1.807) is 22.0 Å². The highest BCUT2D eigenvalue weighted by Gasteiger charge is 2.71. The molecule has 0 radical (unpaired) electrons. The molecule has 50 heavy (non-hydrogen) atoms. The van der Waals surface area contributed by atoms with Gasteiger partial charge >= 0.3 is 5.97 Å². The van der Waals surface area contributed by atoms with Gasteiger partial charge in [0.25, 0.3) is 5.91 Å². The first-order chi connectivity index (χ1) is 24.4. The summed E-state index contributed by atoms with van der Waals surface area (Å²) >= 11 is 0. The summed E-state index contributed by atoms with van der Waals surface area (Å²) in [5.41, 5.74) is 0.0881. The van der Waals surface area contributed by atoms with Crippen molar-refractivity contribution in [3.8, 4) is 0 Å². The Hall–Kier alpha value is -4.80. The number of fused-ring (bicyclic) bond motifs is 3. The molecular weight excluding hydrogens is 634 g/mol. The van der Waals surface area contributed by atoms with E-state index in [-0.39, 0.29) is 44.0 Å². The largest absolute Gasteiger partial charge is 0.463 e. The minimum Gasteiger partial charge on any atom is -0.463 e. The summed E-state index contributed by atoms with van der Waals surface area (Å²) in [6, 6.07) is 21.5. The van der Waals surface area contributed by atoms with Gasteiger partial charge < -0.3 is 29.7 Å². The molecule has 0 aromatic heterocycles. The van der Waals surface area contributed by atoms with Crippen LogP contribution in [0.25, 0.3) is 10.8 Å². The fourth-order valence-corrected chi connectivity index (χ4v) is 8.00. The number of hydrogen-bond donors (Lipinski definition) is 2. The van der Waals surface area contributed by atoms with Crippen LogP contribution in [0.3, 0.4) is 0 Å². The van der Waals surface area contributed by atoms with Crippen LogP contribution in [-0.2, 0) is 28.7 Å². The summed E-state index contributed by atoms with van der Waals surface area (Å²) in [4.78, 5) is 60.0. The number of benzene rings is 3. The lowest BCUT2D eigenvalue weighted by Gasteiger charge is -2.35. The lowest BCUT2D eigenvalue weighted by Crippen LogP contribution is -2.55. The Bertz CT molecular complexity index is 1810. The molecule has 10 heteroatoms. The van der Waals surface area contributed by atoms with E-state index in [9.17, 15) is 24.3 Å². The molecule has 2 N–H and O–H groups in total. The fourth-order valence-electron chi connectivity index (χ4n) is 8.00. The van der Waals surface area contributed by atoms with Gasteiger partial charge in [-0.05, 0) is 47.7 Å². The van der Waals surface area contributed by atoms with Crippen LogP contribution in [0.5, 0.6) is 0 Å². The van der Waals surface area contributed by atoms with Gasteiger partial charge in [0.05, 0.1) is 24.0 Å². The first kappa shape index (κ1) is 33.7. The molecule has 3 aromatic rings. The van der Waals surface area contributed by atoms with Gasteiger partial charge in [0.2, 0.25) is 11.8 Å². The van der Waals surface area contributed by atoms with Crippen LogP contribution in [0.15, 0.2) is 97.1 Å². The maximum atomic E-state index is 14.9. The van der Waals surface area contributed by atoms with E-state index >= 15 is 0 Å². The highest BCUT2D eigenvalue weighted by Crippen LogP contribution is 2.53. The summed E-state index contributed by atoms with van der Waals surface area (Å²) in [5, 5.41) is 14.4. The van der Waals surface area contributed by atoms with Crippen LogP contribution in [-0.4, -0.2) is 77.7 Å². The Morgan fingerprint density at radius 2 is 1.64 bits per heavy atom. The number of hydrogen-bond acceptors (Lipinski definition) is 7. The molecule has 4 heterocycles. The number of cyclic esters (lactones) is 1. The molecule has 0 bridgehead atoms. The van der Waals surface area contributed by atoms with Crippen molar-refractivity contribution in [1.82, 2.24) is 10.2 Å². The van der Waals surface area contributed by atoms with Crippen LogP contribution >= 0.6 is 0 Å². The zero-order chi connectivity index (χ0) is 34.7. The summed E-state index contributed by atoms with van der Waals surface area (Å²) in [5.74, 6) is -3.23. The summed E-state index contributed by atoms with van der Waals surface area (Å²) in [6.45, 7) is 0.640. The van der Waals surface area contributed by atoms with E-state index in [1.807, 2.05) is 84.9 Å². The van der Waals surface area contributed by atoms with E-state index in [0.29, 0.717) is 31.5 Å². The quantitative estimate of drug-likeness (QED) is 0.203. The number of anilines is 1. The minimum absolute atomic E-state index is 0.0536. The molecule has 10 nitrogen and oxygen atoms in total. The number of nitrogens with one attached hydrogen (secondary N) is 1. The minimum atomic E-state index is -1.39. The zero-order valence-corrected chi connectivity index (χ0v) is 28.0. The highest BCUT2D eigenvalue weighted by molar-refractivity contribution is 6.06. The third-order valence-corrected chi connectivity index (χ3v) is 10.4. The third kappa shape index (κ3) is 6.33. The topological polar surface area (TPSA) is 125 Å². The van der Waals surface area contributed by atoms with E-state index in [1.165, 1.54) is 0 Å². The number of rotatable bonds is 8. The Labute approximate surface area is 291 Å².